The average molecular weight is 442 g/mol. The molecule has 1 saturated carbocycles. The summed E-state index contributed by atoms with van der Waals surface area (Å²) in [6, 6.07) is 13.5. The van der Waals surface area contributed by atoms with E-state index in [4.69, 9.17) is 0 Å². The summed E-state index contributed by atoms with van der Waals surface area (Å²) in [7, 11) is 0. The second kappa shape index (κ2) is 9.44. The molecule has 0 radical (unpaired) electrons. The van der Waals surface area contributed by atoms with Crippen molar-refractivity contribution in [3.05, 3.63) is 64.1 Å². The minimum atomic E-state index is -0.606. The van der Waals surface area contributed by atoms with Gasteiger partial charge in [0.2, 0.25) is 5.91 Å². The Balaban J connectivity index is 1.60. The quantitative estimate of drug-likeness (QED) is 0.517. The Morgan fingerprint density at radius 1 is 1.20 bits per heavy atom. The zero-order chi connectivity index (χ0) is 20.9. The van der Waals surface area contributed by atoms with Crippen molar-refractivity contribution in [3.8, 4) is 0 Å². The van der Waals surface area contributed by atoms with Crippen molar-refractivity contribution in [3.63, 3.8) is 0 Å². The molecule has 0 bridgehead atoms. The summed E-state index contributed by atoms with van der Waals surface area (Å²) in [4.78, 5) is 26.1. The monoisotopic (exact) mass is 441 g/mol. The first-order valence-electron chi connectivity index (χ1n) is 9.92. The minimum Gasteiger partial charge on any atom is -0.338 e. The van der Waals surface area contributed by atoms with E-state index in [2.05, 4.69) is 36.8 Å². The second-order valence-electron chi connectivity index (χ2n) is 7.01. The smallest absolute Gasteiger partial charge is 0.321 e. The number of rotatable bonds is 8. The number of thiophene rings is 1. The van der Waals surface area contributed by atoms with E-state index in [1.54, 1.807) is 18.3 Å². The number of nitrogens with one attached hydrogen (secondary N) is 2. The normalized spacial score (nSPS) is 14.3. The molecule has 1 aromatic carbocycles. The van der Waals surface area contributed by atoms with Crippen molar-refractivity contribution in [2.24, 2.45) is 0 Å². The molecule has 1 unspecified atom stereocenters. The molecule has 156 valence electrons. The number of benzene rings is 1. The van der Waals surface area contributed by atoms with Crippen LogP contribution in [0.5, 0.6) is 0 Å². The standard InChI is InChI=1S/C21H23N5O2S2/c1-2-22-20(28)23-19(27)18(14-7-4-3-5-8-14)30-21-25-24-17(26(21)15-10-11-15)13-16-9-6-12-29-16/h3-9,12,15,18H,2,10-11,13H2,1H3,(H2,22,23,27,28). The van der Waals surface area contributed by atoms with Gasteiger partial charge in [0.25, 0.3) is 0 Å². The van der Waals surface area contributed by atoms with Crippen LogP contribution in [0.2, 0.25) is 0 Å². The average Bonchev–Trinajstić information content (AvgIpc) is 3.29. The molecule has 2 aromatic heterocycles. The summed E-state index contributed by atoms with van der Waals surface area (Å²) in [5, 5.41) is 16.1. The number of nitrogens with zero attached hydrogens (tertiary/aromatic N) is 3. The number of hydrogen-bond donors (Lipinski definition) is 2. The van der Waals surface area contributed by atoms with E-state index in [-0.39, 0.29) is 5.91 Å². The van der Waals surface area contributed by atoms with Crippen molar-refractivity contribution in [2.75, 3.05) is 6.54 Å². The summed E-state index contributed by atoms with van der Waals surface area (Å²) in [5.74, 6) is 0.542. The van der Waals surface area contributed by atoms with Gasteiger partial charge in [-0.3, -0.25) is 10.1 Å². The summed E-state index contributed by atoms with van der Waals surface area (Å²) in [6.07, 6.45) is 2.90. The number of urea groups is 1. The molecule has 9 heteroatoms. The van der Waals surface area contributed by atoms with Crippen LogP contribution in [-0.2, 0) is 11.2 Å². The van der Waals surface area contributed by atoms with E-state index in [9.17, 15) is 9.59 Å². The predicted molar refractivity (Wildman–Crippen MR) is 118 cm³/mol. The zero-order valence-electron chi connectivity index (χ0n) is 16.6. The molecule has 0 aliphatic heterocycles. The largest absolute Gasteiger partial charge is 0.338 e. The molecular weight excluding hydrogens is 418 g/mol. The maximum absolute atomic E-state index is 12.9. The SMILES string of the molecule is CCNC(=O)NC(=O)C(Sc1nnc(Cc2cccs2)n1C1CC1)c1ccccc1. The third-order valence-corrected chi connectivity index (χ3v) is 6.78. The van der Waals surface area contributed by atoms with Crippen molar-refractivity contribution >= 4 is 35.0 Å². The third-order valence-electron chi connectivity index (χ3n) is 4.70. The molecule has 3 aromatic rings. The van der Waals surface area contributed by atoms with E-state index in [1.807, 2.05) is 36.4 Å². The Hall–Kier alpha value is -2.65. The van der Waals surface area contributed by atoms with Crippen LogP contribution in [0, 0.1) is 0 Å². The van der Waals surface area contributed by atoms with Gasteiger partial charge in [-0.15, -0.1) is 21.5 Å². The summed E-state index contributed by atoms with van der Waals surface area (Å²) < 4.78 is 2.17. The lowest BCUT2D eigenvalue weighted by molar-refractivity contribution is -0.119. The molecule has 1 aliphatic carbocycles. The van der Waals surface area contributed by atoms with Gasteiger partial charge in [-0.25, -0.2) is 4.79 Å². The van der Waals surface area contributed by atoms with E-state index in [0.717, 1.165) is 30.7 Å². The van der Waals surface area contributed by atoms with Crippen molar-refractivity contribution in [2.45, 2.75) is 42.6 Å². The number of aromatic nitrogens is 3. The lowest BCUT2D eigenvalue weighted by atomic mass is 10.1. The van der Waals surface area contributed by atoms with Gasteiger partial charge < -0.3 is 9.88 Å². The molecule has 1 atom stereocenters. The van der Waals surface area contributed by atoms with Gasteiger partial charge in [0.15, 0.2) is 5.16 Å². The number of amides is 3. The Morgan fingerprint density at radius 3 is 2.67 bits per heavy atom. The first-order chi connectivity index (χ1) is 14.7. The lowest BCUT2D eigenvalue weighted by Crippen LogP contribution is -2.41. The van der Waals surface area contributed by atoms with Crippen LogP contribution in [0.4, 0.5) is 4.79 Å². The fourth-order valence-electron chi connectivity index (χ4n) is 3.17. The van der Waals surface area contributed by atoms with Gasteiger partial charge in [-0.2, -0.15) is 0 Å². The first kappa shape index (κ1) is 20.6. The number of hydrogen-bond acceptors (Lipinski definition) is 6. The highest BCUT2D eigenvalue weighted by molar-refractivity contribution is 8.00. The molecule has 1 fully saturated rings. The van der Waals surface area contributed by atoms with Crippen LogP contribution in [0.15, 0.2) is 53.0 Å². The number of thioether (sulfide) groups is 1. The topological polar surface area (TPSA) is 88.9 Å². The van der Waals surface area contributed by atoms with Crippen LogP contribution >= 0.6 is 23.1 Å². The van der Waals surface area contributed by atoms with E-state index in [0.29, 0.717) is 17.7 Å². The van der Waals surface area contributed by atoms with Gasteiger partial charge in [-0.1, -0.05) is 48.2 Å². The minimum absolute atomic E-state index is 0.373. The molecule has 1 aliphatic rings. The summed E-state index contributed by atoms with van der Waals surface area (Å²) >= 11 is 3.04. The molecule has 30 heavy (non-hydrogen) atoms. The Bertz CT molecular complexity index is 1000. The molecule has 4 rings (SSSR count). The van der Waals surface area contributed by atoms with E-state index >= 15 is 0 Å². The summed E-state index contributed by atoms with van der Waals surface area (Å²) in [5.41, 5.74) is 0.814. The zero-order valence-corrected chi connectivity index (χ0v) is 18.2. The van der Waals surface area contributed by atoms with Crippen LogP contribution < -0.4 is 10.6 Å². The van der Waals surface area contributed by atoms with Crippen LogP contribution in [0.3, 0.4) is 0 Å². The Labute approximate surface area is 183 Å². The lowest BCUT2D eigenvalue weighted by Gasteiger charge is -2.17. The Morgan fingerprint density at radius 2 is 2.00 bits per heavy atom. The van der Waals surface area contributed by atoms with Gasteiger partial charge in [-0.05, 0) is 36.8 Å². The third kappa shape index (κ3) is 4.91. The highest BCUT2D eigenvalue weighted by Crippen LogP contribution is 2.42. The molecule has 0 saturated heterocycles. The fraction of sp³-hybridized carbons (Fsp3) is 0.333. The van der Waals surface area contributed by atoms with E-state index in [1.165, 1.54) is 16.6 Å². The molecular formula is C21H23N5O2S2. The van der Waals surface area contributed by atoms with Crippen LogP contribution in [-0.4, -0.2) is 33.2 Å². The van der Waals surface area contributed by atoms with Gasteiger partial charge in [0.1, 0.15) is 11.1 Å². The number of imide groups is 1. The number of carbonyl (C=O) groups excluding carboxylic acids is 2. The second-order valence-corrected chi connectivity index (χ2v) is 9.12. The van der Waals surface area contributed by atoms with Crippen LogP contribution in [0.1, 0.15) is 47.3 Å². The molecule has 7 nitrogen and oxygen atoms in total. The first-order valence-corrected chi connectivity index (χ1v) is 11.7. The molecule has 3 amide bonds. The molecule has 2 N–H and O–H groups in total. The van der Waals surface area contributed by atoms with Gasteiger partial charge in [0.05, 0.1) is 0 Å². The fourth-order valence-corrected chi connectivity index (χ4v) is 4.99. The van der Waals surface area contributed by atoms with Crippen LogP contribution in [0.25, 0.3) is 0 Å². The molecule has 0 spiro atoms. The van der Waals surface area contributed by atoms with Crippen molar-refractivity contribution < 1.29 is 9.59 Å². The highest BCUT2D eigenvalue weighted by Gasteiger charge is 2.33. The predicted octanol–water partition coefficient (Wildman–Crippen LogP) is 3.94. The number of carbonyl (C=O) groups is 2. The molecule has 2 heterocycles. The highest BCUT2D eigenvalue weighted by atomic mass is 32.2. The van der Waals surface area contributed by atoms with Crippen molar-refractivity contribution in [1.82, 2.24) is 25.4 Å². The van der Waals surface area contributed by atoms with Crippen molar-refractivity contribution in [1.29, 1.82) is 0 Å². The Kier molecular flexibility index (Phi) is 6.49. The summed E-state index contributed by atoms with van der Waals surface area (Å²) in [6.45, 7) is 2.26. The maximum atomic E-state index is 12.9. The van der Waals surface area contributed by atoms with E-state index < -0.39 is 11.3 Å². The van der Waals surface area contributed by atoms with Gasteiger partial charge in [0, 0.05) is 23.9 Å². The maximum Gasteiger partial charge on any atom is 0.321 e. The van der Waals surface area contributed by atoms with Gasteiger partial charge >= 0.3 is 6.03 Å².